The van der Waals surface area contributed by atoms with Crippen LogP contribution in [0.4, 0.5) is 0 Å². The number of hydrogen-bond acceptors (Lipinski definition) is 4. The molecule has 27 heavy (non-hydrogen) atoms. The van der Waals surface area contributed by atoms with E-state index in [1.54, 1.807) is 12.1 Å². The Morgan fingerprint density at radius 2 is 1.78 bits per heavy atom. The van der Waals surface area contributed by atoms with E-state index < -0.39 is 5.91 Å². The Morgan fingerprint density at radius 1 is 1.11 bits per heavy atom. The van der Waals surface area contributed by atoms with Gasteiger partial charge in [-0.1, -0.05) is 23.7 Å². The molecule has 1 aromatic heterocycles. The number of para-hydroxylation sites is 2. The van der Waals surface area contributed by atoms with Crippen molar-refractivity contribution in [2.75, 3.05) is 6.61 Å². The van der Waals surface area contributed by atoms with Crippen molar-refractivity contribution in [2.45, 2.75) is 20.3 Å². The van der Waals surface area contributed by atoms with Gasteiger partial charge in [-0.05, 0) is 49.2 Å². The summed E-state index contributed by atoms with van der Waals surface area (Å²) in [5, 5.41) is 0.611. The maximum atomic E-state index is 12.0. The first-order valence-electron chi connectivity index (χ1n) is 8.33. The third-order valence-corrected chi connectivity index (χ3v) is 4.10. The number of rotatable bonds is 5. The molecule has 3 rings (SSSR count). The lowest BCUT2D eigenvalue weighted by Gasteiger charge is -2.13. The lowest BCUT2D eigenvalue weighted by molar-refractivity contribution is -0.129. The van der Waals surface area contributed by atoms with Gasteiger partial charge in [-0.3, -0.25) is 20.4 Å². The number of halogens is 1. The standard InChI is InChI=1S/C19H19ClN4O3/c1-11-7-13(20)8-12(2)19(11)27-10-18(26)24-23-17(25)9-16-21-14-5-3-4-6-15(14)22-16/h3-8H,9-10H2,1-2H3,(H,21,22)(H,23,25)(H,24,26). The Bertz CT molecular complexity index is 944. The van der Waals surface area contributed by atoms with Gasteiger partial charge in [0, 0.05) is 5.02 Å². The van der Waals surface area contributed by atoms with Crippen molar-refractivity contribution in [1.82, 2.24) is 20.8 Å². The number of benzene rings is 2. The van der Waals surface area contributed by atoms with Gasteiger partial charge in [0.15, 0.2) is 6.61 Å². The Balaban J connectivity index is 1.48. The average molecular weight is 387 g/mol. The van der Waals surface area contributed by atoms with Crippen LogP contribution in [-0.4, -0.2) is 28.4 Å². The fourth-order valence-electron chi connectivity index (χ4n) is 2.72. The van der Waals surface area contributed by atoms with Gasteiger partial charge in [-0.15, -0.1) is 0 Å². The molecule has 0 aliphatic heterocycles. The summed E-state index contributed by atoms with van der Waals surface area (Å²) < 4.78 is 5.53. The van der Waals surface area contributed by atoms with Gasteiger partial charge in [-0.25, -0.2) is 4.98 Å². The van der Waals surface area contributed by atoms with Gasteiger partial charge >= 0.3 is 0 Å². The van der Waals surface area contributed by atoms with Crippen LogP contribution < -0.4 is 15.6 Å². The number of nitrogens with zero attached hydrogens (tertiary/aromatic N) is 1. The van der Waals surface area contributed by atoms with E-state index in [1.165, 1.54) is 0 Å². The second-order valence-electron chi connectivity index (χ2n) is 6.13. The van der Waals surface area contributed by atoms with Crippen LogP contribution in [0, 0.1) is 13.8 Å². The van der Waals surface area contributed by atoms with Crippen molar-refractivity contribution < 1.29 is 14.3 Å². The van der Waals surface area contributed by atoms with Gasteiger partial charge in [0.2, 0.25) is 5.91 Å². The SMILES string of the molecule is Cc1cc(Cl)cc(C)c1OCC(=O)NNC(=O)Cc1nc2ccccc2[nH]1. The third-order valence-electron chi connectivity index (χ3n) is 3.88. The molecule has 0 bridgehead atoms. The van der Waals surface area contributed by atoms with E-state index in [1.807, 2.05) is 38.1 Å². The first-order chi connectivity index (χ1) is 12.9. The zero-order valence-electron chi connectivity index (χ0n) is 14.9. The minimum Gasteiger partial charge on any atom is -0.483 e. The van der Waals surface area contributed by atoms with Crippen LogP contribution in [0.2, 0.25) is 5.02 Å². The number of fused-ring (bicyclic) bond motifs is 1. The summed E-state index contributed by atoms with van der Waals surface area (Å²) in [5.74, 6) is 0.262. The third kappa shape index (κ3) is 4.77. The molecular formula is C19H19ClN4O3. The van der Waals surface area contributed by atoms with E-state index in [4.69, 9.17) is 16.3 Å². The quantitative estimate of drug-likeness (QED) is 0.587. The lowest BCUT2D eigenvalue weighted by atomic mass is 10.1. The summed E-state index contributed by atoms with van der Waals surface area (Å²) in [6.07, 6.45) is 0.0191. The number of carbonyl (C=O) groups excluding carboxylic acids is 2. The van der Waals surface area contributed by atoms with Crippen molar-refractivity contribution in [3.63, 3.8) is 0 Å². The highest BCUT2D eigenvalue weighted by Gasteiger charge is 2.11. The van der Waals surface area contributed by atoms with Crippen molar-refractivity contribution in [3.8, 4) is 5.75 Å². The molecule has 0 unspecified atom stereocenters. The highest BCUT2D eigenvalue weighted by Crippen LogP contribution is 2.26. The number of aromatic amines is 1. The molecule has 0 aliphatic rings. The first kappa shape index (κ1) is 18.7. The van der Waals surface area contributed by atoms with Crippen molar-refractivity contribution in [1.29, 1.82) is 0 Å². The number of H-pyrrole nitrogens is 1. The van der Waals surface area contributed by atoms with Gasteiger partial charge < -0.3 is 9.72 Å². The van der Waals surface area contributed by atoms with Crippen LogP contribution in [0.5, 0.6) is 5.75 Å². The molecule has 140 valence electrons. The Labute approximate surface area is 161 Å². The second kappa shape index (κ2) is 8.09. The highest BCUT2D eigenvalue weighted by atomic mass is 35.5. The average Bonchev–Trinajstić information content (AvgIpc) is 3.01. The maximum absolute atomic E-state index is 12.0. The maximum Gasteiger partial charge on any atom is 0.276 e. The Hall–Kier alpha value is -3.06. The number of amides is 2. The second-order valence-corrected chi connectivity index (χ2v) is 6.57. The molecule has 2 amide bonds. The van der Waals surface area contributed by atoms with E-state index >= 15 is 0 Å². The summed E-state index contributed by atoms with van der Waals surface area (Å²) in [5.41, 5.74) is 7.98. The number of aryl methyl sites for hydroxylation is 2. The van der Waals surface area contributed by atoms with E-state index in [2.05, 4.69) is 20.8 Å². The van der Waals surface area contributed by atoms with Crippen LogP contribution in [0.3, 0.4) is 0 Å². The van der Waals surface area contributed by atoms with Crippen LogP contribution in [0.1, 0.15) is 17.0 Å². The zero-order chi connectivity index (χ0) is 19.4. The van der Waals surface area contributed by atoms with Crippen molar-refractivity contribution >= 4 is 34.4 Å². The van der Waals surface area contributed by atoms with E-state index in [-0.39, 0.29) is 18.9 Å². The molecule has 0 saturated heterocycles. The van der Waals surface area contributed by atoms with E-state index in [9.17, 15) is 9.59 Å². The molecule has 0 atom stereocenters. The van der Waals surface area contributed by atoms with E-state index in [0.717, 1.165) is 22.2 Å². The molecule has 2 aromatic carbocycles. The number of aromatic nitrogens is 2. The predicted octanol–water partition coefficient (Wildman–Crippen LogP) is 2.60. The summed E-state index contributed by atoms with van der Waals surface area (Å²) in [4.78, 5) is 31.3. The van der Waals surface area contributed by atoms with Gasteiger partial charge in [0.25, 0.3) is 5.91 Å². The number of ether oxygens (including phenoxy) is 1. The highest BCUT2D eigenvalue weighted by molar-refractivity contribution is 6.30. The Morgan fingerprint density at radius 3 is 2.48 bits per heavy atom. The molecular weight excluding hydrogens is 368 g/mol. The van der Waals surface area contributed by atoms with E-state index in [0.29, 0.717) is 16.6 Å². The molecule has 0 aliphatic carbocycles. The molecule has 0 spiro atoms. The minimum absolute atomic E-state index is 0.0191. The fourth-order valence-corrected chi connectivity index (χ4v) is 3.05. The number of nitrogens with one attached hydrogen (secondary N) is 3. The molecule has 3 aromatic rings. The fraction of sp³-hybridized carbons (Fsp3) is 0.211. The summed E-state index contributed by atoms with van der Waals surface area (Å²) in [6, 6.07) is 11.0. The van der Waals surface area contributed by atoms with Crippen molar-refractivity contribution in [2.24, 2.45) is 0 Å². The molecule has 0 fully saturated rings. The van der Waals surface area contributed by atoms with Crippen LogP contribution in [-0.2, 0) is 16.0 Å². The molecule has 8 heteroatoms. The van der Waals surface area contributed by atoms with Crippen molar-refractivity contribution in [3.05, 3.63) is 58.4 Å². The minimum atomic E-state index is -0.471. The smallest absolute Gasteiger partial charge is 0.276 e. The number of imidazole rings is 1. The topological polar surface area (TPSA) is 96.1 Å². The van der Waals surface area contributed by atoms with Crippen LogP contribution >= 0.6 is 11.6 Å². The Kier molecular flexibility index (Phi) is 5.61. The summed E-state index contributed by atoms with van der Waals surface area (Å²) in [7, 11) is 0. The predicted molar refractivity (Wildman–Crippen MR) is 103 cm³/mol. The van der Waals surface area contributed by atoms with Gasteiger partial charge in [0.1, 0.15) is 11.6 Å². The number of carbonyl (C=O) groups is 2. The molecule has 0 radical (unpaired) electrons. The normalized spacial score (nSPS) is 10.6. The lowest BCUT2D eigenvalue weighted by Crippen LogP contribution is -2.44. The number of hydrazine groups is 1. The number of hydrogen-bond donors (Lipinski definition) is 3. The zero-order valence-corrected chi connectivity index (χ0v) is 15.7. The molecule has 3 N–H and O–H groups in total. The van der Waals surface area contributed by atoms with Crippen LogP contribution in [0.25, 0.3) is 11.0 Å². The monoisotopic (exact) mass is 386 g/mol. The van der Waals surface area contributed by atoms with Gasteiger partial charge in [0.05, 0.1) is 17.5 Å². The van der Waals surface area contributed by atoms with Crippen LogP contribution in [0.15, 0.2) is 36.4 Å². The summed E-state index contributed by atoms with van der Waals surface area (Å²) in [6.45, 7) is 3.47. The first-order valence-corrected chi connectivity index (χ1v) is 8.71. The molecule has 0 saturated carbocycles. The summed E-state index contributed by atoms with van der Waals surface area (Å²) >= 11 is 5.97. The molecule has 7 nitrogen and oxygen atoms in total. The molecule has 1 heterocycles. The van der Waals surface area contributed by atoms with Gasteiger partial charge in [-0.2, -0.15) is 0 Å². The largest absolute Gasteiger partial charge is 0.483 e.